The summed E-state index contributed by atoms with van der Waals surface area (Å²) in [6.45, 7) is -0.143. The second-order valence-electron chi connectivity index (χ2n) is 7.63. The van der Waals surface area contributed by atoms with Gasteiger partial charge in [0, 0.05) is 16.3 Å². The van der Waals surface area contributed by atoms with E-state index >= 15 is 0 Å². The minimum absolute atomic E-state index is 0.0207. The van der Waals surface area contributed by atoms with Crippen LogP contribution in [-0.2, 0) is 14.6 Å². The molecular weight excluding hydrogens is 484 g/mol. The fourth-order valence-electron chi connectivity index (χ4n) is 3.58. The van der Waals surface area contributed by atoms with Crippen LogP contribution in [0.2, 0.25) is 5.02 Å². The van der Waals surface area contributed by atoms with Crippen LogP contribution in [-0.4, -0.2) is 28.0 Å². The third kappa shape index (κ3) is 5.65. The van der Waals surface area contributed by atoms with Gasteiger partial charge in [0.15, 0.2) is 0 Å². The molecule has 0 bridgehead atoms. The van der Waals surface area contributed by atoms with Crippen molar-refractivity contribution in [3.05, 3.63) is 102 Å². The smallest absolute Gasteiger partial charge is 0.243 e. The lowest BCUT2D eigenvalue weighted by molar-refractivity contribution is -0.114. The Hall–Kier alpha value is -3.81. The zero-order valence-electron chi connectivity index (χ0n) is 18.9. The molecule has 2 N–H and O–H groups in total. The van der Waals surface area contributed by atoms with E-state index in [1.165, 1.54) is 25.3 Å². The Morgan fingerprint density at radius 2 is 1.54 bits per heavy atom. The number of halogens is 1. The summed E-state index contributed by atoms with van der Waals surface area (Å²) >= 11 is 6.11. The molecule has 0 heterocycles. The van der Waals surface area contributed by atoms with Crippen molar-refractivity contribution in [2.24, 2.45) is 0 Å². The third-order valence-electron chi connectivity index (χ3n) is 5.33. The molecular formula is C27H23ClN2O4S. The molecule has 0 aromatic heterocycles. The molecule has 1 amide bonds. The first-order chi connectivity index (χ1) is 16.9. The second kappa shape index (κ2) is 10.6. The van der Waals surface area contributed by atoms with Crippen LogP contribution in [0.3, 0.4) is 0 Å². The van der Waals surface area contributed by atoms with Gasteiger partial charge in [0.2, 0.25) is 15.7 Å². The molecule has 8 heteroatoms. The highest BCUT2D eigenvalue weighted by Gasteiger charge is 2.22. The minimum Gasteiger partial charge on any atom is -0.497 e. The van der Waals surface area contributed by atoms with Crippen LogP contribution < -0.4 is 15.4 Å². The van der Waals surface area contributed by atoms with E-state index < -0.39 is 9.84 Å². The van der Waals surface area contributed by atoms with Gasteiger partial charge in [-0.25, -0.2) is 8.42 Å². The maximum Gasteiger partial charge on any atom is 0.243 e. The number of anilines is 2. The van der Waals surface area contributed by atoms with E-state index in [0.717, 1.165) is 11.1 Å². The van der Waals surface area contributed by atoms with Gasteiger partial charge < -0.3 is 15.4 Å². The van der Waals surface area contributed by atoms with E-state index in [1.807, 2.05) is 54.6 Å². The number of hydrogen-bond donors (Lipinski definition) is 2. The second-order valence-corrected chi connectivity index (χ2v) is 9.99. The standard InChI is InChI=1S/C27H23ClN2O4S/c1-34-21-12-14-22(15-13-21)35(32,33)26-17-20(28)11-16-25(26)29-18-27(31)30-24-10-6-5-9-23(24)19-7-3-2-4-8-19/h2-17,29H,18H2,1H3,(H,30,31). The van der Waals surface area contributed by atoms with Crippen molar-refractivity contribution in [1.82, 2.24) is 0 Å². The number of methoxy groups -OCH3 is 1. The lowest BCUT2D eigenvalue weighted by Gasteiger charge is -2.15. The highest BCUT2D eigenvalue weighted by Crippen LogP contribution is 2.31. The van der Waals surface area contributed by atoms with E-state index in [4.69, 9.17) is 16.3 Å². The van der Waals surface area contributed by atoms with Crippen molar-refractivity contribution in [2.45, 2.75) is 9.79 Å². The molecule has 0 aliphatic carbocycles. The summed E-state index contributed by atoms with van der Waals surface area (Å²) in [6, 6.07) is 27.8. The molecule has 0 fully saturated rings. The van der Waals surface area contributed by atoms with E-state index in [1.54, 1.807) is 24.3 Å². The number of para-hydroxylation sites is 1. The Morgan fingerprint density at radius 1 is 0.857 bits per heavy atom. The Balaban J connectivity index is 1.54. The Kier molecular flexibility index (Phi) is 7.39. The Bertz CT molecular complexity index is 1440. The normalized spacial score (nSPS) is 11.0. The summed E-state index contributed by atoms with van der Waals surface area (Å²) < 4.78 is 31.7. The first-order valence-corrected chi connectivity index (χ1v) is 12.6. The maximum atomic E-state index is 13.3. The number of sulfone groups is 1. The molecule has 0 aliphatic rings. The van der Waals surface area contributed by atoms with Gasteiger partial charge in [-0.05, 0) is 54.1 Å². The molecule has 0 unspecified atom stereocenters. The summed E-state index contributed by atoms with van der Waals surface area (Å²) in [5.41, 5.74) is 2.79. The summed E-state index contributed by atoms with van der Waals surface area (Å²) in [5, 5.41) is 6.11. The average Bonchev–Trinajstić information content (AvgIpc) is 2.89. The summed E-state index contributed by atoms with van der Waals surface area (Å²) in [4.78, 5) is 12.8. The quantitative estimate of drug-likeness (QED) is 0.311. The maximum absolute atomic E-state index is 13.3. The number of benzene rings is 4. The minimum atomic E-state index is -3.90. The number of carbonyl (C=O) groups is 1. The molecule has 0 aliphatic heterocycles. The van der Waals surface area contributed by atoms with Crippen molar-refractivity contribution in [3.8, 4) is 16.9 Å². The molecule has 0 saturated heterocycles. The molecule has 35 heavy (non-hydrogen) atoms. The van der Waals surface area contributed by atoms with Gasteiger partial charge in [-0.15, -0.1) is 0 Å². The number of carbonyl (C=O) groups excluding carboxylic acids is 1. The SMILES string of the molecule is COc1ccc(S(=O)(=O)c2cc(Cl)ccc2NCC(=O)Nc2ccccc2-c2ccccc2)cc1. The van der Waals surface area contributed by atoms with Crippen molar-refractivity contribution in [3.63, 3.8) is 0 Å². The molecule has 4 aromatic carbocycles. The van der Waals surface area contributed by atoms with Crippen LogP contribution in [0.1, 0.15) is 0 Å². The lowest BCUT2D eigenvalue weighted by atomic mass is 10.0. The zero-order valence-corrected chi connectivity index (χ0v) is 20.4. The first kappa shape index (κ1) is 24.3. The average molecular weight is 507 g/mol. The molecule has 6 nitrogen and oxygen atoms in total. The highest BCUT2D eigenvalue weighted by atomic mass is 35.5. The van der Waals surface area contributed by atoms with Crippen molar-refractivity contribution in [2.75, 3.05) is 24.3 Å². The number of amides is 1. The van der Waals surface area contributed by atoms with Gasteiger partial charge >= 0.3 is 0 Å². The number of hydrogen-bond acceptors (Lipinski definition) is 5. The fourth-order valence-corrected chi connectivity index (χ4v) is 5.27. The zero-order chi connectivity index (χ0) is 24.8. The number of ether oxygens (including phenoxy) is 1. The largest absolute Gasteiger partial charge is 0.497 e. The molecule has 0 atom stereocenters. The molecule has 4 rings (SSSR count). The van der Waals surface area contributed by atoms with Crippen LogP contribution in [0.25, 0.3) is 11.1 Å². The van der Waals surface area contributed by atoms with Crippen LogP contribution in [0.15, 0.2) is 107 Å². The van der Waals surface area contributed by atoms with Crippen LogP contribution in [0, 0.1) is 0 Å². The molecule has 0 radical (unpaired) electrons. The molecule has 4 aromatic rings. The Morgan fingerprint density at radius 3 is 2.26 bits per heavy atom. The van der Waals surface area contributed by atoms with E-state index in [0.29, 0.717) is 11.4 Å². The lowest BCUT2D eigenvalue weighted by Crippen LogP contribution is -2.23. The summed E-state index contributed by atoms with van der Waals surface area (Å²) in [7, 11) is -2.40. The van der Waals surface area contributed by atoms with Gasteiger partial charge in [0.25, 0.3) is 0 Å². The van der Waals surface area contributed by atoms with Gasteiger partial charge in [-0.1, -0.05) is 60.1 Å². The predicted octanol–water partition coefficient (Wildman–Crippen LogP) is 5.90. The first-order valence-electron chi connectivity index (χ1n) is 10.8. The van der Waals surface area contributed by atoms with Crippen molar-refractivity contribution in [1.29, 1.82) is 0 Å². The molecule has 0 saturated carbocycles. The van der Waals surface area contributed by atoms with E-state index in [9.17, 15) is 13.2 Å². The monoisotopic (exact) mass is 506 g/mol. The predicted molar refractivity (Wildman–Crippen MR) is 139 cm³/mol. The van der Waals surface area contributed by atoms with Crippen LogP contribution in [0.4, 0.5) is 11.4 Å². The summed E-state index contributed by atoms with van der Waals surface area (Å²) in [6.07, 6.45) is 0. The van der Waals surface area contributed by atoms with E-state index in [2.05, 4.69) is 10.6 Å². The Labute approximate surface area is 209 Å². The van der Waals surface area contributed by atoms with Crippen LogP contribution >= 0.6 is 11.6 Å². The molecule has 178 valence electrons. The summed E-state index contributed by atoms with van der Waals surface area (Å²) in [5.74, 6) is 0.219. The van der Waals surface area contributed by atoms with Gasteiger partial charge in [-0.2, -0.15) is 0 Å². The molecule has 0 spiro atoms. The van der Waals surface area contributed by atoms with Crippen molar-refractivity contribution < 1.29 is 17.9 Å². The topological polar surface area (TPSA) is 84.5 Å². The number of rotatable bonds is 8. The fraction of sp³-hybridized carbons (Fsp3) is 0.0741. The van der Waals surface area contributed by atoms with E-state index in [-0.39, 0.29) is 33.0 Å². The highest BCUT2D eigenvalue weighted by molar-refractivity contribution is 7.91. The number of nitrogens with one attached hydrogen (secondary N) is 2. The van der Waals surface area contributed by atoms with Crippen molar-refractivity contribution >= 4 is 38.7 Å². The van der Waals surface area contributed by atoms with Crippen LogP contribution in [0.5, 0.6) is 5.75 Å². The van der Waals surface area contributed by atoms with Gasteiger partial charge in [0.1, 0.15) is 5.75 Å². The van der Waals surface area contributed by atoms with Gasteiger partial charge in [-0.3, -0.25) is 4.79 Å². The van der Waals surface area contributed by atoms with Gasteiger partial charge in [0.05, 0.1) is 29.1 Å². The third-order valence-corrected chi connectivity index (χ3v) is 7.37.